The molecule has 0 spiro atoms. The van der Waals surface area contributed by atoms with Gasteiger partial charge < -0.3 is 9.80 Å². The number of fused-ring (bicyclic) bond motifs is 1. The maximum atomic E-state index is 14.1. The SMILES string of the molecule is CCN(CC)CCN1CCN2C(=O)N(c3cc(Cl)cc(Cl)c3)C(=O)C2(Cc2ccc(Br)cc2)C1. The highest BCUT2D eigenvalue weighted by molar-refractivity contribution is 9.10. The summed E-state index contributed by atoms with van der Waals surface area (Å²) in [5, 5.41) is 0.770. The molecule has 0 bridgehead atoms. The molecule has 0 aliphatic carbocycles. The zero-order valence-electron chi connectivity index (χ0n) is 19.4. The Bertz CT molecular complexity index is 1040. The van der Waals surface area contributed by atoms with Crippen molar-refractivity contribution in [3.05, 3.63) is 62.5 Å². The van der Waals surface area contributed by atoms with E-state index in [0.29, 0.717) is 35.2 Å². The number of hydrogen-bond acceptors (Lipinski definition) is 4. The van der Waals surface area contributed by atoms with Gasteiger partial charge in [-0.15, -0.1) is 0 Å². The van der Waals surface area contributed by atoms with Gasteiger partial charge in [-0.25, -0.2) is 9.69 Å². The summed E-state index contributed by atoms with van der Waals surface area (Å²) in [4.78, 5) is 35.4. The number of carbonyl (C=O) groups excluding carboxylic acids is 2. The summed E-state index contributed by atoms with van der Waals surface area (Å²) in [6.07, 6.45) is 0.442. The van der Waals surface area contributed by atoms with E-state index < -0.39 is 5.54 Å². The minimum Gasteiger partial charge on any atom is -0.306 e. The predicted molar refractivity (Wildman–Crippen MR) is 141 cm³/mol. The number of benzene rings is 2. The summed E-state index contributed by atoms with van der Waals surface area (Å²) in [7, 11) is 0. The maximum Gasteiger partial charge on any atom is 0.332 e. The highest BCUT2D eigenvalue weighted by Gasteiger charge is 2.59. The fraction of sp³-hybridized carbons (Fsp3) is 0.440. The van der Waals surface area contributed by atoms with Crippen LogP contribution in [0.5, 0.6) is 0 Å². The molecular formula is C25H29BrCl2N4O2. The Labute approximate surface area is 219 Å². The zero-order valence-corrected chi connectivity index (χ0v) is 22.5. The van der Waals surface area contributed by atoms with Gasteiger partial charge in [-0.1, -0.05) is 65.1 Å². The summed E-state index contributed by atoms with van der Waals surface area (Å²) in [5.41, 5.74) is 0.430. The van der Waals surface area contributed by atoms with Gasteiger partial charge in [0, 0.05) is 53.7 Å². The lowest BCUT2D eigenvalue weighted by Gasteiger charge is -2.45. The average Bonchev–Trinajstić information content (AvgIpc) is 3.01. The topological polar surface area (TPSA) is 47.1 Å². The average molecular weight is 568 g/mol. The summed E-state index contributed by atoms with van der Waals surface area (Å²) < 4.78 is 0.971. The molecule has 2 aliphatic heterocycles. The molecule has 0 radical (unpaired) electrons. The van der Waals surface area contributed by atoms with Crippen LogP contribution in [0, 0.1) is 0 Å². The van der Waals surface area contributed by atoms with E-state index in [2.05, 4.69) is 39.6 Å². The van der Waals surface area contributed by atoms with E-state index in [-0.39, 0.29) is 11.9 Å². The lowest BCUT2D eigenvalue weighted by molar-refractivity contribution is -0.127. The molecule has 34 heavy (non-hydrogen) atoms. The van der Waals surface area contributed by atoms with Crippen molar-refractivity contribution in [1.29, 1.82) is 0 Å². The second kappa shape index (κ2) is 10.5. The van der Waals surface area contributed by atoms with Gasteiger partial charge in [0.1, 0.15) is 5.54 Å². The highest BCUT2D eigenvalue weighted by Crippen LogP contribution is 2.39. The van der Waals surface area contributed by atoms with E-state index in [9.17, 15) is 9.59 Å². The van der Waals surface area contributed by atoms with Crippen molar-refractivity contribution in [2.45, 2.75) is 25.8 Å². The quantitative estimate of drug-likeness (QED) is 0.413. The molecule has 1 atom stereocenters. The molecule has 182 valence electrons. The van der Waals surface area contributed by atoms with Crippen molar-refractivity contribution in [3.63, 3.8) is 0 Å². The molecule has 1 unspecified atom stereocenters. The molecule has 2 aromatic carbocycles. The van der Waals surface area contributed by atoms with Crippen LogP contribution in [0.25, 0.3) is 0 Å². The van der Waals surface area contributed by atoms with Crippen molar-refractivity contribution < 1.29 is 9.59 Å². The minimum atomic E-state index is -0.985. The summed E-state index contributed by atoms with van der Waals surface area (Å²) in [5.74, 6) is -0.230. The zero-order chi connectivity index (χ0) is 24.5. The van der Waals surface area contributed by atoms with Crippen molar-refractivity contribution in [1.82, 2.24) is 14.7 Å². The molecule has 3 amide bonds. The molecule has 0 N–H and O–H groups in total. The van der Waals surface area contributed by atoms with Crippen LogP contribution < -0.4 is 4.90 Å². The van der Waals surface area contributed by atoms with E-state index in [1.165, 1.54) is 4.90 Å². The second-order valence-corrected chi connectivity index (χ2v) is 10.6. The first-order chi connectivity index (χ1) is 16.3. The number of halogens is 3. The van der Waals surface area contributed by atoms with Crippen LogP contribution in [0.1, 0.15) is 19.4 Å². The Balaban J connectivity index is 1.69. The molecule has 9 heteroatoms. The number of imide groups is 1. The number of likely N-dealkylation sites (N-methyl/N-ethyl adjacent to an activating group) is 1. The number of piperazine rings is 1. The van der Waals surface area contributed by atoms with Crippen LogP contribution in [0.4, 0.5) is 10.5 Å². The van der Waals surface area contributed by atoms with E-state index in [4.69, 9.17) is 23.2 Å². The van der Waals surface area contributed by atoms with Crippen molar-refractivity contribution in [2.24, 2.45) is 0 Å². The third-order valence-corrected chi connectivity index (χ3v) is 7.77. The van der Waals surface area contributed by atoms with Gasteiger partial charge in [-0.05, 0) is 49.0 Å². The first kappa shape index (κ1) is 25.5. The monoisotopic (exact) mass is 566 g/mol. The number of rotatable bonds is 8. The molecule has 4 rings (SSSR count). The highest BCUT2D eigenvalue weighted by atomic mass is 79.9. The number of carbonyl (C=O) groups is 2. The second-order valence-electron chi connectivity index (χ2n) is 8.84. The number of hydrogen-bond donors (Lipinski definition) is 0. The minimum absolute atomic E-state index is 0.230. The van der Waals surface area contributed by atoms with Gasteiger partial charge in [0.25, 0.3) is 5.91 Å². The molecule has 2 heterocycles. The number of anilines is 1. The van der Waals surface area contributed by atoms with Gasteiger partial charge in [-0.3, -0.25) is 9.69 Å². The first-order valence-electron chi connectivity index (χ1n) is 11.6. The Morgan fingerprint density at radius 2 is 1.65 bits per heavy atom. The van der Waals surface area contributed by atoms with E-state index in [0.717, 1.165) is 42.8 Å². The largest absolute Gasteiger partial charge is 0.332 e. The Kier molecular flexibility index (Phi) is 7.89. The van der Waals surface area contributed by atoms with Gasteiger partial charge in [0.05, 0.1) is 5.69 Å². The van der Waals surface area contributed by atoms with E-state index in [1.807, 2.05) is 24.3 Å². The summed E-state index contributed by atoms with van der Waals surface area (Å²) in [6, 6.07) is 12.5. The summed E-state index contributed by atoms with van der Waals surface area (Å²) >= 11 is 15.9. The Hall–Kier alpha value is -1.64. The van der Waals surface area contributed by atoms with E-state index in [1.54, 1.807) is 23.1 Å². The van der Waals surface area contributed by atoms with Gasteiger partial charge in [-0.2, -0.15) is 0 Å². The smallest absolute Gasteiger partial charge is 0.306 e. The third kappa shape index (κ3) is 5.00. The van der Waals surface area contributed by atoms with Gasteiger partial charge >= 0.3 is 6.03 Å². The normalized spacial score (nSPS) is 21.0. The summed E-state index contributed by atoms with van der Waals surface area (Å²) in [6.45, 7) is 9.77. The number of amides is 3. The molecule has 2 saturated heterocycles. The lowest BCUT2D eigenvalue weighted by atomic mass is 9.86. The van der Waals surface area contributed by atoms with Crippen molar-refractivity contribution >= 4 is 56.8 Å². The fourth-order valence-electron chi connectivity index (χ4n) is 4.94. The Morgan fingerprint density at radius 3 is 2.26 bits per heavy atom. The fourth-order valence-corrected chi connectivity index (χ4v) is 5.72. The van der Waals surface area contributed by atoms with Crippen molar-refractivity contribution in [2.75, 3.05) is 50.7 Å². The lowest BCUT2D eigenvalue weighted by Crippen LogP contribution is -2.64. The molecule has 2 aromatic rings. The molecule has 2 aliphatic rings. The van der Waals surface area contributed by atoms with Crippen LogP contribution in [-0.4, -0.2) is 78.0 Å². The molecule has 6 nitrogen and oxygen atoms in total. The molecule has 0 aromatic heterocycles. The van der Waals surface area contributed by atoms with E-state index >= 15 is 0 Å². The van der Waals surface area contributed by atoms with Crippen molar-refractivity contribution in [3.8, 4) is 0 Å². The Morgan fingerprint density at radius 1 is 1.00 bits per heavy atom. The van der Waals surface area contributed by atoms with Gasteiger partial charge in [0.15, 0.2) is 0 Å². The maximum absolute atomic E-state index is 14.1. The predicted octanol–water partition coefficient (Wildman–Crippen LogP) is 5.16. The third-order valence-electron chi connectivity index (χ3n) is 6.81. The molecular weight excluding hydrogens is 539 g/mol. The van der Waals surface area contributed by atoms with Crippen LogP contribution in [0.3, 0.4) is 0 Å². The van der Waals surface area contributed by atoms with Gasteiger partial charge in [0.2, 0.25) is 0 Å². The van der Waals surface area contributed by atoms with Crippen LogP contribution in [0.15, 0.2) is 46.9 Å². The van der Waals surface area contributed by atoms with Crippen LogP contribution >= 0.6 is 39.1 Å². The number of nitrogens with zero attached hydrogens (tertiary/aromatic N) is 4. The molecule has 2 fully saturated rings. The number of urea groups is 1. The van der Waals surface area contributed by atoms with Crippen LogP contribution in [0.2, 0.25) is 10.0 Å². The first-order valence-corrected chi connectivity index (χ1v) is 13.1. The van der Waals surface area contributed by atoms with Crippen LogP contribution in [-0.2, 0) is 11.2 Å². The molecule has 0 saturated carbocycles. The standard InChI is InChI=1S/C25H29BrCl2N4O2/c1-3-29(4-2)9-10-30-11-12-31-24(34)32(22-14-20(27)13-21(28)15-22)23(33)25(31,17-30)16-18-5-7-19(26)8-6-18/h5-8,13-15H,3-4,9-12,16-17H2,1-2H3.